The van der Waals surface area contributed by atoms with Gasteiger partial charge in [0, 0.05) is 23.0 Å². The minimum Gasteiger partial charge on any atom is -0.497 e. The number of fused-ring (bicyclic) bond motifs is 2. The summed E-state index contributed by atoms with van der Waals surface area (Å²) in [7, 11) is 1.60. The monoisotopic (exact) mass is 432 g/mol. The van der Waals surface area contributed by atoms with Crippen LogP contribution in [0.25, 0.3) is 0 Å². The van der Waals surface area contributed by atoms with Crippen LogP contribution in [0.3, 0.4) is 0 Å². The molecule has 2 N–H and O–H groups in total. The molecule has 5 rings (SSSR count). The number of benzene rings is 3. The van der Waals surface area contributed by atoms with Crippen molar-refractivity contribution in [2.24, 2.45) is 0 Å². The number of hydrogen-bond acceptors (Lipinski definition) is 3. The molecule has 0 aromatic heterocycles. The van der Waals surface area contributed by atoms with Gasteiger partial charge in [0.1, 0.15) is 11.2 Å². The first-order valence-corrected chi connectivity index (χ1v) is 10.5. The topological polar surface area (TPSA) is 67.4 Å². The standard InChI is InChI=1S/C25H21ClN2O3/c1-31-18-9-5-7-16(13-18)23-25(19-10-2-3-11-21(19)27-24(25)30)20(14-22(29)28-23)15-6-4-8-17(26)12-15/h2-13,20,23H,14H2,1H3,(H,27,30)(H,28,29). The van der Waals surface area contributed by atoms with Gasteiger partial charge in [-0.05, 0) is 47.0 Å². The van der Waals surface area contributed by atoms with E-state index in [0.717, 1.165) is 22.4 Å². The maximum atomic E-state index is 13.8. The van der Waals surface area contributed by atoms with Crippen LogP contribution >= 0.6 is 11.6 Å². The Labute approximate surface area is 185 Å². The van der Waals surface area contributed by atoms with Crippen LogP contribution in [-0.4, -0.2) is 18.9 Å². The van der Waals surface area contributed by atoms with E-state index in [4.69, 9.17) is 16.3 Å². The van der Waals surface area contributed by atoms with Gasteiger partial charge >= 0.3 is 0 Å². The molecule has 1 spiro atoms. The lowest BCUT2D eigenvalue weighted by Crippen LogP contribution is -2.56. The first-order valence-electron chi connectivity index (χ1n) is 10.1. The number of halogens is 1. The van der Waals surface area contributed by atoms with E-state index in [1.165, 1.54) is 0 Å². The number of para-hydroxylation sites is 1. The number of methoxy groups -OCH3 is 1. The second-order valence-electron chi connectivity index (χ2n) is 7.96. The number of carbonyl (C=O) groups excluding carboxylic acids is 2. The Bertz CT molecular complexity index is 1190. The Morgan fingerprint density at radius 1 is 0.968 bits per heavy atom. The molecule has 1 fully saturated rings. The highest BCUT2D eigenvalue weighted by atomic mass is 35.5. The quantitative estimate of drug-likeness (QED) is 0.636. The largest absolute Gasteiger partial charge is 0.497 e. The molecule has 0 bridgehead atoms. The Morgan fingerprint density at radius 3 is 2.55 bits per heavy atom. The third-order valence-corrected chi connectivity index (χ3v) is 6.61. The summed E-state index contributed by atoms with van der Waals surface area (Å²) in [6, 6.07) is 22.1. The van der Waals surface area contributed by atoms with E-state index < -0.39 is 11.5 Å². The number of rotatable bonds is 3. The zero-order chi connectivity index (χ0) is 21.6. The highest BCUT2D eigenvalue weighted by Crippen LogP contribution is 2.57. The summed E-state index contributed by atoms with van der Waals surface area (Å²) in [5.74, 6) is 0.0327. The number of anilines is 1. The SMILES string of the molecule is COc1cccc(C2NC(=O)CC(c3cccc(Cl)c3)C23C(=O)Nc2ccccc23)c1. The van der Waals surface area contributed by atoms with Crippen LogP contribution in [0.2, 0.25) is 5.02 Å². The molecule has 0 radical (unpaired) electrons. The van der Waals surface area contributed by atoms with Crippen molar-refractivity contribution in [2.45, 2.75) is 23.8 Å². The van der Waals surface area contributed by atoms with Crippen molar-refractivity contribution in [1.29, 1.82) is 0 Å². The van der Waals surface area contributed by atoms with E-state index >= 15 is 0 Å². The summed E-state index contributed by atoms with van der Waals surface area (Å²) in [6.07, 6.45) is 0.183. The lowest BCUT2D eigenvalue weighted by atomic mass is 9.59. The zero-order valence-corrected chi connectivity index (χ0v) is 17.6. The molecule has 3 aromatic rings. The maximum absolute atomic E-state index is 13.8. The number of nitrogens with one attached hydrogen (secondary N) is 2. The smallest absolute Gasteiger partial charge is 0.238 e. The predicted octanol–water partition coefficient (Wildman–Crippen LogP) is 4.58. The van der Waals surface area contributed by atoms with Crippen molar-refractivity contribution in [1.82, 2.24) is 5.32 Å². The molecule has 0 aliphatic carbocycles. The summed E-state index contributed by atoms with van der Waals surface area (Å²) >= 11 is 6.31. The second-order valence-corrected chi connectivity index (χ2v) is 8.39. The van der Waals surface area contributed by atoms with Crippen LogP contribution in [0.4, 0.5) is 5.69 Å². The van der Waals surface area contributed by atoms with Crippen molar-refractivity contribution >= 4 is 29.1 Å². The van der Waals surface area contributed by atoms with Crippen LogP contribution in [0.1, 0.15) is 35.1 Å². The number of amides is 2. The number of piperidine rings is 1. The minimum absolute atomic E-state index is 0.111. The zero-order valence-electron chi connectivity index (χ0n) is 16.9. The van der Waals surface area contributed by atoms with Crippen LogP contribution in [0.5, 0.6) is 5.75 Å². The number of hydrogen-bond donors (Lipinski definition) is 2. The lowest BCUT2D eigenvalue weighted by Gasteiger charge is -2.46. The highest BCUT2D eigenvalue weighted by molar-refractivity contribution is 6.30. The molecule has 5 nitrogen and oxygen atoms in total. The summed E-state index contributed by atoms with van der Waals surface area (Å²) in [6.45, 7) is 0. The van der Waals surface area contributed by atoms with E-state index in [-0.39, 0.29) is 24.2 Å². The molecule has 156 valence electrons. The van der Waals surface area contributed by atoms with Crippen LogP contribution < -0.4 is 15.4 Å². The third-order valence-electron chi connectivity index (χ3n) is 6.37. The molecule has 2 aliphatic heterocycles. The average Bonchev–Trinajstić information content (AvgIpc) is 3.07. The van der Waals surface area contributed by atoms with Gasteiger partial charge in [0.25, 0.3) is 0 Å². The van der Waals surface area contributed by atoms with Crippen LogP contribution in [0, 0.1) is 0 Å². The van der Waals surface area contributed by atoms with E-state index in [9.17, 15) is 9.59 Å². The molecule has 6 heteroatoms. The third kappa shape index (κ3) is 3.00. The van der Waals surface area contributed by atoms with Crippen LogP contribution in [-0.2, 0) is 15.0 Å². The Kier molecular flexibility index (Phi) is 4.71. The lowest BCUT2D eigenvalue weighted by molar-refractivity contribution is -0.131. The van der Waals surface area contributed by atoms with Gasteiger partial charge in [0.05, 0.1) is 13.2 Å². The molecule has 0 saturated carbocycles. The Balaban J connectivity index is 1.79. The van der Waals surface area contributed by atoms with Gasteiger partial charge in [0.15, 0.2) is 0 Å². The first kappa shape index (κ1) is 19.6. The van der Waals surface area contributed by atoms with Crippen LogP contribution in [0.15, 0.2) is 72.8 Å². The fraction of sp³-hybridized carbons (Fsp3) is 0.200. The van der Waals surface area contributed by atoms with Crippen molar-refractivity contribution in [3.8, 4) is 5.75 Å². The first-order chi connectivity index (χ1) is 15.0. The van der Waals surface area contributed by atoms with Gasteiger partial charge in [-0.3, -0.25) is 9.59 Å². The van der Waals surface area contributed by atoms with E-state index in [1.54, 1.807) is 13.2 Å². The summed E-state index contributed by atoms with van der Waals surface area (Å²) in [5.41, 5.74) is 2.29. The van der Waals surface area contributed by atoms with Gasteiger partial charge in [-0.1, -0.05) is 54.1 Å². The molecule has 3 atom stereocenters. The van der Waals surface area contributed by atoms with Gasteiger partial charge < -0.3 is 15.4 Å². The molecule has 2 heterocycles. The molecule has 2 aliphatic rings. The summed E-state index contributed by atoms with van der Waals surface area (Å²) in [5, 5.41) is 6.75. The number of carbonyl (C=O) groups is 2. The van der Waals surface area contributed by atoms with E-state index in [0.29, 0.717) is 10.8 Å². The predicted molar refractivity (Wildman–Crippen MR) is 119 cm³/mol. The second kappa shape index (κ2) is 7.43. The molecule has 3 aromatic carbocycles. The maximum Gasteiger partial charge on any atom is 0.238 e. The fourth-order valence-corrected chi connectivity index (χ4v) is 5.28. The average molecular weight is 433 g/mol. The van der Waals surface area contributed by atoms with Gasteiger partial charge in [0.2, 0.25) is 11.8 Å². The number of ether oxygens (including phenoxy) is 1. The molecule has 2 amide bonds. The van der Waals surface area contributed by atoms with Gasteiger partial charge in [-0.25, -0.2) is 0 Å². The normalized spacial score (nSPS) is 24.5. The van der Waals surface area contributed by atoms with Gasteiger partial charge in [-0.2, -0.15) is 0 Å². The van der Waals surface area contributed by atoms with Crippen molar-refractivity contribution in [3.05, 3.63) is 94.5 Å². The van der Waals surface area contributed by atoms with E-state index in [2.05, 4.69) is 10.6 Å². The Morgan fingerprint density at radius 2 is 1.74 bits per heavy atom. The van der Waals surface area contributed by atoms with Gasteiger partial charge in [-0.15, -0.1) is 0 Å². The fourth-order valence-electron chi connectivity index (χ4n) is 5.09. The molecular weight excluding hydrogens is 412 g/mol. The molecule has 3 unspecified atom stereocenters. The van der Waals surface area contributed by atoms with E-state index in [1.807, 2.05) is 66.7 Å². The molecule has 1 saturated heterocycles. The molecular formula is C25H21ClN2O3. The van der Waals surface area contributed by atoms with Crippen molar-refractivity contribution < 1.29 is 14.3 Å². The minimum atomic E-state index is -1.03. The van der Waals surface area contributed by atoms with Crippen molar-refractivity contribution in [3.63, 3.8) is 0 Å². The Hall–Kier alpha value is -3.31. The summed E-state index contributed by atoms with van der Waals surface area (Å²) < 4.78 is 5.42. The van der Waals surface area contributed by atoms with Crippen molar-refractivity contribution in [2.75, 3.05) is 12.4 Å². The highest BCUT2D eigenvalue weighted by Gasteiger charge is 2.61. The summed E-state index contributed by atoms with van der Waals surface area (Å²) in [4.78, 5) is 26.7. The molecule has 31 heavy (non-hydrogen) atoms.